The smallest absolute Gasteiger partial charge is 0.228 e. The maximum absolute atomic E-state index is 12.2. The molecule has 0 aromatic heterocycles. The first kappa shape index (κ1) is 16.0. The van der Waals surface area contributed by atoms with E-state index in [9.17, 15) is 4.79 Å². The van der Waals surface area contributed by atoms with Crippen LogP contribution in [0.15, 0.2) is 24.3 Å². The number of halogens is 1. The molecular weight excluding hydrogens is 260 g/mol. The first-order valence-corrected chi connectivity index (χ1v) is 6.79. The molecule has 0 radical (unpaired) electrons. The zero-order valence-electron chi connectivity index (χ0n) is 11.6. The fourth-order valence-corrected chi connectivity index (χ4v) is 2.42. The van der Waals surface area contributed by atoms with Crippen LogP contribution in [0.5, 0.6) is 0 Å². The fraction of sp³-hybridized carbons (Fsp3) is 0.533. The van der Waals surface area contributed by atoms with Crippen molar-refractivity contribution in [3.8, 4) is 0 Å². The maximum atomic E-state index is 12.2. The molecule has 1 aliphatic rings. The zero-order chi connectivity index (χ0) is 13.0. The number of amides is 1. The van der Waals surface area contributed by atoms with Crippen LogP contribution in [-0.2, 0) is 4.79 Å². The summed E-state index contributed by atoms with van der Waals surface area (Å²) in [6.45, 7) is 6.13. The van der Waals surface area contributed by atoms with Crippen LogP contribution in [0.3, 0.4) is 0 Å². The molecule has 2 rings (SSSR count). The van der Waals surface area contributed by atoms with E-state index in [2.05, 4.69) is 30.5 Å². The maximum Gasteiger partial charge on any atom is 0.228 e. The fourth-order valence-electron chi connectivity index (χ4n) is 2.42. The van der Waals surface area contributed by atoms with Gasteiger partial charge in [-0.05, 0) is 36.9 Å². The summed E-state index contributed by atoms with van der Waals surface area (Å²) < 4.78 is 0. The number of para-hydroxylation sites is 1. The van der Waals surface area contributed by atoms with Crippen LogP contribution in [-0.4, -0.2) is 19.0 Å². The molecule has 0 aliphatic carbocycles. The Kier molecular flexibility index (Phi) is 6.32. The molecule has 1 aliphatic heterocycles. The van der Waals surface area contributed by atoms with Crippen molar-refractivity contribution in [1.82, 2.24) is 5.32 Å². The molecule has 106 valence electrons. The first-order valence-electron chi connectivity index (χ1n) is 6.79. The first-order chi connectivity index (χ1) is 8.68. The van der Waals surface area contributed by atoms with Crippen molar-refractivity contribution in [2.75, 3.05) is 18.4 Å². The second-order valence-corrected chi connectivity index (χ2v) is 5.27. The van der Waals surface area contributed by atoms with E-state index in [-0.39, 0.29) is 24.2 Å². The number of benzene rings is 1. The van der Waals surface area contributed by atoms with Gasteiger partial charge in [0.15, 0.2) is 0 Å². The Balaban J connectivity index is 0.00000180. The molecule has 1 saturated heterocycles. The second-order valence-electron chi connectivity index (χ2n) is 5.27. The Labute approximate surface area is 121 Å². The molecule has 1 unspecified atom stereocenters. The predicted molar refractivity (Wildman–Crippen MR) is 82.0 cm³/mol. The van der Waals surface area contributed by atoms with Crippen molar-refractivity contribution in [3.63, 3.8) is 0 Å². The lowest BCUT2D eigenvalue weighted by Crippen LogP contribution is -2.37. The number of piperidine rings is 1. The molecule has 1 heterocycles. The summed E-state index contributed by atoms with van der Waals surface area (Å²) in [5, 5.41) is 6.36. The summed E-state index contributed by atoms with van der Waals surface area (Å²) in [5.74, 6) is 0.681. The molecular formula is C15H23ClN2O. The van der Waals surface area contributed by atoms with E-state index in [0.717, 1.165) is 31.6 Å². The highest BCUT2D eigenvalue weighted by Gasteiger charge is 2.21. The molecule has 1 fully saturated rings. The van der Waals surface area contributed by atoms with Gasteiger partial charge in [-0.15, -0.1) is 12.4 Å². The summed E-state index contributed by atoms with van der Waals surface area (Å²) >= 11 is 0. The van der Waals surface area contributed by atoms with Gasteiger partial charge < -0.3 is 10.6 Å². The van der Waals surface area contributed by atoms with Crippen LogP contribution in [0.1, 0.15) is 38.2 Å². The Morgan fingerprint density at radius 1 is 1.37 bits per heavy atom. The van der Waals surface area contributed by atoms with Gasteiger partial charge in [0.2, 0.25) is 5.91 Å². The van der Waals surface area contributed by atoms with Crippen LogP contribution in [0.2, 0.25) is 0 Å². The van der Waals surface area contributed by atoms with Crippen LogP contribution in [0, 0.1) is 5.92 Å². The second kappa shape index (κ2) is 7.51. The topological polar surface area (TPSA) is 41.1 Å². The summed E-state index contributed by atoms with van der Waals surface area (Å²) in [4.78, 5) is 12.2. The van der Waals surface area contributed by atoms with E-state index >= 15 is 0 Å². The molecule has 0 saturated carbocycles. The van der Waals surface area contributed by atoms with E-state index < -0.39 is 0 Å². The number of rotatable bonds is 3. The van der Waals surface area contributed by atoms with Crippen molar-refractivity contribution in [1.29, 1.82) is 0 Å². The third-order valence-corrected chi connectivity index (χ3v) is 3.51. The average Bonchev–Trinajstić information content (AvgIpc) is 2.40. The largest absolute Gasteiger partial charge is 0.326 e. The Hall–Kier alpha value is -1.06. The number of carbonyl (C=O) groups excluding carboxylic acids is 1. The molecule has 1 aromatic carbocycles. The highest BCUT2D eigenvalue weighted by atomic mass is 35.5. The highest BCUT2D eigenvalue weighted by Crippen LogP contribution is 2.24. The minimum atomic E-state index is 0. The lowest BCUT2D eigenvalue weighted by atomic mass is 9.97. The van der Waals surface area contributed by atoms with Gasteiger partial charge in [0.1, 0.15) is 0 Å². The average molecular weight is 283 g/mol. The van der Waals surface area contributed by atoms with Gasteiger partial charge in [0.05, 0.1) is 5.92 Å². The number of nitrogens with one attached hydrogen (secondary N) is 2. The van der Waals surface area contributed by atoms with Gasteiger partial charge in [-0.3, -0.25) is 4.79 Å². The predicted octanol–water partition coefficient (Wildman–Crippen LogP) is 3.17. The van der Waals surface area contributed by atoms with Crippen molar-refractivity contribution >= 4 is 24.0 Å². The van der Waals surface area contributed by atoms with E-state index in [1.54, 1.807) is 0 Å². The van der Waals surface area contributed by atoms with Gasteiger partial charge in [0.25, 0.3) is 0 Å². The lowest BCUT2D eigenvalue weighted by molar-refractivity contribution is -0.120. The van der Waals surface area contributed by atoms with Gasteiger partial charge in [0, 0.05) is 12.2 Å². The monoisotopic (exact) mass is 282 g/mol. The third kappa shape index (κ3) is 4.22. The van der Waals surface area contributed by atoms with E-state index in [0.29, 0.717) is 5.92 Å². The van der Waals surface area contributed by atoms with Gasteiger partial charge in [-0.2, -0.15) is 0 Å². The summed E-state index contributed by atoms with van der Waals surface area (Å²) in [5.41, 5.74) is 2.16. The molecule has 2 N–H and O–H groups in total. The minimum Gasteiger partial charge on any atom is -0.326 e. The number of carbonyl (C=O) groups is 1. The van der Waals surface area contributed by atoms with Crippen molar-refractivity contribution in [2.24, 2.45) is 5.92 Å². The van der Waals surface area contributed by atoms with Crippen LogP contribution in [0.25, 0.3) is 0 Å². The normalized spacial score (nSPS) is 18.8. The lowest BCUT2D eigenvalue weighted by Gasteiger charge is -2.23. The molecule has 1 atom stereocenters. The van der Waals surface area contributed by atoms with Gasteiger partial charge in [-0.1, -0.05) is 32.0 Å². The highest BCUT2D eigenvalue weighted by molar-refractivity contribution is 5.93. The Bertz CT molecular complexity index is 414. The zero-order valence-corrected chi connectivity index (χ0v) is 12.4. The van der Waals surface area contributed by atoms with Crippen molar-refractivity contribution in [3.05, 3.63) is 29.8 Å². The van der Waals surface area contributed by atoms with E-state index in [1.165, 1.54) is 5.56 Å². The molecule has 19 heavy (non-hydrogen) atoms. The summed E-state index contributed by atoms with van der Waals surface area (Å²) in [6.07, 6.45) is 2.08. The Morgan fingerprint density at radius 3 is 2.74 bits per heavy atom. The van der Waals surface area contributed by atoms with Crippen LogP contribution >= 0.6 is 12.4 Å². The van der Waals surface area contributed by atoms with E-state index in [4.69, 9.17) is 0 Å². The number of hydrogen-bond donors (Lipinski definition) is 2. The minimum absolute atomic E-state index is 0. The summed E-state index contributed by atoms with van der Waals surface area (Å²) in [6, 6.07) is 8.07. The van der Waals surface area contributed by atoms with Crippen LogP contribution in [0.4, 0.5) is 5.69 Å². The molecule has 3 nitrogen and oxygen atoms in total. The quantitative estimate of drug-likeness (QED) is 0.894. The molecule has 0 bridgehead atoms. The van der Waals surface area contributed by atoms with Crippen molar-refractivity contribution in [2.45, 2.75) is 32.6 Å². The standard InChI is InChI=1S/C15H22N2O.ClH/c1-11(2)13-7-3-4-8-14(13)17-15(18)12-6-5-9-16-10-12;/h3-4,7-8,11-12,16H,5-6,9-10H2,1-2H3,(H,17,18);1H. The third-order valence-electron chi connectivity index (χ3n) is 3.51. The molecule has 4 heteroatoms. The Morgan fingerprint density at radius 2 is 2.11 bits per heavy atom. The summed E-state index contributed by atoms with van der Waals surface area (Å²) in [7, 11) is 0. The molecule has 1 amide bonds. The van der Waals surface area contributed by atoms with Crippen molar-refractivity contribution < 1.29 is 4.79 Å². The SMILES string of the molecule is CC(C)c1ccccc1NC(=O)C1CCCNC1.Cl. The van der Waals surface area contributed by atoms with E-state index in [1.807, 2.05) is 18.2 Å². The molecule has 0 spiro atoms. The van der Waals surface area contributed by atoms with Gasteiger partial charge >= 0.3 is 0 Å². The number of hydrogen-bond acceptors (Lipinski definition) is 2. The van der Waals surface area contributed by atoms with Crippen LogP contribution < -0.4 is 10.6 Å². The van der Waals surface area contributed by atoms with Gasteiger partial charge in [-0.25, -0.2) is 0 Å². The molecule has 1 aromatic rings. The number of anilines is 1.